The van der Waals surface area contributed by atoms with Crippen LogP contribution < -0.4 is 10.6 Å². The SMILES string of the molecule is Cc1cccc(/C(N)=N/O)c1N(Cc1cccs1)C(C)C. The molecule has 1 aromatic carbocycles. The van der Waals surface area contributed by atoms with Gasteiger partial charge in [0.25, 0.3) is 0 Å². The Kier molecular flexibility index (Phi) is 4.85. The van der Waals surface area contributed by atoms with Gasteiger partial charge in [-0.25, -0.2) is 0 Å². The van der Waals surface area contributed by atoms with Gasteiger partial charge in [0.1, 0.15) is 0 Å². The second-order valence-corrected chi connectivity index (χ2v) is 6.29. The molecule has 0 bridgehead atoms. The number of thiophene rings is 1. The number of rotatable bonds is 5. The molecule has 1 heterocycles. The van der Waals surface area contributed by atoms with Gasteiger partial charge < -0.3 is 15.8 Å². The van der Waals surface area contributed by atoms with E-state index in [-0.39, 0.29) is 5.84 Å². The number of aryl methyl sites for hydroxylation is 1. The Balaban J connectivity index is 2.49. The number of hydrogen-bond donors (Lipinski definition) is 2. The Labute approximate surface area is 129 Å². The maximum Gasteiger partial charge on any atom is 0.172 e. The van der Waals surface area contributed by atoms with Gasteiger partial charge in [0.05, 0.1) is 12.2 Å². The molecule has 4 nitrogen and oxygen atoms in total. The lowest BCUT2D eigenvalue weighted by atomic mass is 10.0. The highest BCUT2D eigenvalue weighted by molar-refractivity contribution is 7.09. The summed E-state index contributed by atoms with van der Waals surface area (Å²) in [6, 6.07) is 10.4. The van der Waals surface area contributed by atoms with Gasteiger partial charge in [0, 0.05) is 16.5 Å². The number of hydrogen-bond acceptors (Lipinski definition) is 4. The van der Waals surface area contributed by atoms with E-state index in [1.165, 1.54) is 4.88 Å². The fourth-order valence-corrected chi connectivity index (χ4v) is 3.09. The highest BCUT2D eigenvalue weighted by Crippen LogP contribution is 2.29. The van der Waals surface area contributed by atoms with Crippen LogP contribution in [0.1, 0.15) is 29.9 Å². The standard InChI is InChI=1S/C16H21N3OS/c1-11(2)19(10-13-7-5-9-21-13)15-12(3)6-4-8-14(15)16(17)18-20/h4-9,11,20H,10H2,1-3H3,(H2,17,18). The summed E-state index contributed by atoms with van der Waals surface area (Å²) in [5.74, 6) is 0.144. The first-order valence-electron chi connectivity index (χ1n) is 6.91. The van der Waals surface area contributed by atoms with E-state index in [1.54, 1.807) is 11.3 Å². The van der Waals surface area contributed by atoms with Crippen LogP contribution in [0.3, 0.4) is 0 Å². The van der Waals surface area contributed by atoms with Crippen LogP contribution in [0, 0.1) is 6.92 Å². The minimum absolute atomic E-state index is 0.144. The monoisotopic (exact) mass is 303 g/mol. The number of amidine groups is 1. The number of anilines is 1. The van der Waals surface area contributed by atoms with Crippen LogP contribution >= 0.6 is 11.3 Å². The summed E-state index contributed by atoms with van der Waals surface area (Å²) in [5, 5.41) is 14.3. The van der Waals surface area contributed by atoms with Crippen LogP contribution in [0.2, 0.25) is 0 Å². The van der Waals surface area contributed by atoms with Crippen molar-refractivity contribution < 1.29 is 5.21 Å². The largest absolute Gasteiger partial charge is 0.409 e. The molecular weight excluding hydrogens is 282 g/mol. The van der Waals surface area contributed by atoms with Crippen LogP contribution in [0.4, 0.5) is 5.69 Å². The summed E-state index contributed by atoms with van der Waals surface area (Å²) in [7, 11) is 0. The first kappa shape index (κ1) is 15.4. The van der Waals surface area contributed by atoms with Crippen molar-refractivity contribution in [3.8, 4) is 0 Å². The smallest absolute Gasteiger partial charge is 0.172 e. The van der Waals surface area contributed by atoms with E-state index in [9.17, 15) is 0 Å². The molecule has 3 N–H and O–H groups in total. The van der Waals surface area contributed by atoms with E-state index >= 15 is 0 Å². The van der Waals surface area contributed by atoms with Crippen LogP contribution in [-0.2, 0) is 6.54 Å². The van der Waals surface area contributed by atoms with Gasteiger partial charge in [-0.05, 0) is 43.8 Å². The highest BCUT2D eigenvalue weighted by Gasteiger charge is 2.19. The molecule has 1 aromatic heterocycles. The normalized spacial score (nSPS) is 11.9. The van der Waals surface area contributed by atoms with E-state index in [0.717, 1.165) is 23.4 Å². The lowest BCUT2D eigenvalue weighted by molar-refractivity contribution is 0.318. The molecule has 0 atom stereocenters. The molecule has 5 heteroatoms. The zero-order valence-corrected chi connectivity index (χ0v) is 13.4. The molecule has 0 radical (unpaired) electrons. The van der Waals surface area contributed by atoms with E-state index in [4.69, 9.17) is 10.9 Å². The maximum atomic E-state index is 9.03. The maximum absolute atomic E-state index is 9.03. The lowest BCUT2D eigenvalue weighted by Gasteiger charge is -2.32. The van der Waals surface area contributed by atoms with Crippen molar-refractivity contribution in [1.29, 1.82) is 0 Å². The molecule has 112 valence electrons. The first-order chi connectivity index (χ1) is 10.0. The molecule has 0 saturated carbocycles. The highest BCUT2D eigenvalue weighted by atomic mass is 32.1. The Morgan fingerprint density at radius 2 is 2.10 bits per heavy atom. The second kappa shape index (κ2) is 6.63. The van der Waals surface area contributed by atoms with Crippen molar-refractivity contribution in [3.63, 3.8) is 0 Å². The Hall–Kier alpha value is -2.01. The second-order valence-electron chi connectivity index (χ2n) is 5.26. The molecule has 0 amide bonds. The molecule has 21 heavy (non-hydrogen) atoms. The lowest BCUT2D eigenvalue weighted by Crippen LogP contribution is -2.33. The van der Waals surface area contributed by atoms with Gasteiger partial charge in [-0.2, -0.15) is 0 Å². The molecule has 0 fully saturated rings. The van der Waals surface area contributed by atoms with Crippen molar-refractivity contribution in [2.45, 2.75) is 33.4 Å². The quantitative estimate of drug-likeness (QED) is 0.384. The summed E-state index contributed by atoms with van der Waals surface area (Å²) in [5.41, 5.74) is 8.76. The summed E-state index contributed by atoms with van der Waals surface area (Å²) in [4.78, 5) is 3.58. The Morgan fingerprint density at radius 1 is 1.33 bits per heavy atom. The van der Waals surface area contributed by atoms with Crippen molar-refractivity contribution in [3.05, 3.63) is 51.7 Å². The van der Waals surface area contributed by atoms with Crippen LogP contribution in [0.15, 0.2) is 40.9 Å². The summed E-state index contributed by atoms with van der Waals surface area (Å²) < 4.78 is 0. The van der Waals surface area contributed by atoms with Gasteiger partial charge in [0.15, 0.2) is 5.84 Å². The van der Waals surface area contributed by atoms with Gasteiger partial charge in [-0.3, -0.25) is 0 Å². The zero-order chi connectivity index (χ0) is 15.4. The van der Waals surface area contributed by atoms with E-state index in [1.807, 2.05) is 25.1 Å². The van der Waals surface area contributed by atoms with E-state index < -0.39 is 0 Å². The summed E-state index contributed by atoms with van der Waals surface area (Å²) in [6.07, 6.45) is 0. The Bertz CT molecular complexity index is 620. The van der Waals surface area contributed by atoms with Gasteiger partial charge >= 0.3 is 0 Å². The molecule has 0 saturated heterocycles. The zero-order valence-electron chi connectivity index (χ0n) is 12.6. The molecule has 0 aliphatic carbocycles. The van der Waals surface area contributed by atoms with Crippen LogP contribution in [0.5, 0.6) is 0 Å². The average molecular weight is 303 g/mol. The average Bonchev–Trinajstić information content (AvgIpc) is 2.97. The predicted molar refractivity (Wildman–Crippen MR) is 89.3 cm³/mol. The van der Waals surface area contributed by atoms with Gasteiger partial charge in [0.2, 0.25) is 0 Å². The van der Waals surface area contributed by atoms with Crippen LogP contribution in [0.25, 0.3) is 0 Å². The Morgan fingerprint density at radius 3 is 2.67 bits per heavy atom. The van der Waals surface area contributed by atoms with Crippen LogP contribution in [-0.4, -0.2) is 17.1 Å². The molecule has 0 aliphatic heterocycles. The molecule has 2 rings (SSSR count). The minimum Gasteiger partial charge on any atom is -0.409 e. The van der Waals surface area contributed by atoms with E-state index in [0.29, 0.717) is 6.04 Å². The summed E-state index contributed by atoms with van der Waals surface area (Å²) >= 11 is 1.74. The van der Waals surface area contributed by atoms with Gasteiger partial charge in [-0.1, -0.05) is 23.4 Å². The molecule has 0 unspecified atom stereocenters. The minimum atomic E-state index is 0.144. The number of benzene rings is 1. The third-order valence-corrected chi connectivity index (χ3v) is 4.30. The molecule has 2 aromatic rings. The topological polar surface area (TPSA) is 61.9 Å². The van der Waals surface area contributed by atoms with Crippen molar-refractivity contribution in [2.75, 3.05) is 4.90 Å². The van der Waals surface area contributed by atoms with Crippen molar-refractivity contribution in [2.24, 2.45) is 10.9 Å². The fraction of sp³-hybridized carbons (Fsp3) is 0.312. The molecule has 0 aliphatic rings. The van der Waals surface area contributed by atoms with Crippen molar-refractivity contribution in [1.82, 2.24) is 0 Å². The third-order valence-electron chi connectivity index (χ3n) is 3.44. The van der Waals surface area contributed by atoms with E-state index in [2.05, 4.69) is 41.4 Å². The fourth-order valence-electron chi connectivity index (χ4n) is 2.39. The number of para-hydroxylation sites is 1. The number of oxime groups is 1. The third kappa shape index (κ3) is 3.36. The summed E-state index contributed by atoms with van der Waals surface area (Å²) in [6.45, 7) is 7.16. The number of nitrogens with two attached hydrogens (primary N) is 1. The van der Waals surface area contributed by atoms with Crippen molar-refractivity contribution >= 4 is 22.9 Å². The van der Waals surface area contributed by atoms with Gasteiger partial charge in [-0.15, -0.1) is 11.3 Å². The molecule has 0 spiro atoms. The molecular formula is C16H21N3OS. The number of nitrogens with zero attached hydrogens (tertiary/aromatic N) is 2. The predicted octanol–water partition coefficient (Wildman–Crippen LogP) is 3.57. The first-order valence-corrected chi connectivity index (χ1v) is 7.79.